The van der Waals surface area contributed by atoms with Crippen molar-refractivity contribution in [2.45, 2.75) is 0 Å². The zero-order valence-corrected chi connectivity index (χ0v) is 9.72. The van der Waals surface area contributed by atoms with Crippen LogP contribution in [0.25, 0.3) is 11.1 Å². The number of benzene rings is 2. The van der Waals surface area contributed by atoms with Crippen molar-refractivity contribution in [2.24, 2.45) is 0 Å². The smallest absolute Gasteiger partial charge is 0.336 e. The first-order valence-corrected chi connectivity index (χ1v) is 5.58. The van der Waals surface area contributed by atoms with Gasteiger partial charge in [-0.15, -0.1) is 0 Å². The van der Waals surface area contributed by atoms with Crippen LogP contribution in [-0.4, -0.2) is 17.9 Å². The molecular weight excluding hydrogens is 251 g/mol. The third kappa shape index (κ3) is 1.99. The highest BCUT2D eigenvalue weighted by molar-refractivity contribution is 5.96. The van der Waals surface area contributed by atoms with Crippen LogP contribution in [0.2, 0.25) is 0 Å². The molecule has 2 aromatic rings. The zero-order valence-electron chi connectivity index (χ0n) is 9.72. The van der Waals surface area contributed by atoms with Crippen LogP contribution in [0.15, 0.2) is 36.4 Å². The Labute approximate surface area is 108 Å². The first-order valence-electron chi connectivity index (χ1n) is 5.58. The van der Waals surface area contributed by atoms with Crippen molar-refractivity contribution in [1.82, 2.24) is 0 Å². The second kappa shape index (κ2) is 4.28. The van der Waals surface area contributed by atoms with Crippen molar-refractivity contribution in [1.29, 1.82) is 0 Å². The maximum absolute atomic E-state index is 13.1. The summed E-state index contributed by atoms with van der Waals surface area (Å²) in [5, 5.41) is 9.12. The molecule has 3 rings (SSSR count). The number of rotatable bonds is 2. The normalized spacial score (nSPS) is 12.5. The lowest BCUT2D eigenvalue weighted by Gasteiger charge is -2.07. The average Bonchev–Trinajstić information content (AvgIpc) is 2.85. The van der Waals surface area contributed by atoms with Gasteiger partial charge in [0.2, 0.25) is 6.79 Å². The summed E-state index contributed by atoms with van der Waals surface area (Å²) < 4.78 is 23.6. The molecule has 0 unspecified atom stereocenters. The van der Waals surface area contributed by atoms with Crippen molar-refractivity contribution >= 4 is 5.97 Å². The summed E-state index contributed by atoms with van der Waals surface area (Å²) in [5.74, 6) is -0.588. The number of halogens is 1. The summed E-state index contributed by atoms with van der Waals surface area (Å²) >= 11 is 0. The lowest BCUT2D eigenvalue weighted by atomic mass is 9.99. The molecule has 0 fully saturated rings. The van der Waals surface area contributed by atoms with E-state index < -0.39 is 11.8 Å². The van der Waals surface area contributed by atoms with Gasteiger partial charge in [0.1, 0.15) is 5.82 Å². The Morgan fingerprint density at radius 3 is 2.68 bits per heavy atom. The van der Waals surface area contributed by atoms with E-state index in [1.807, 2.05) is 0 Å². The minimum atomic E-state index is -1.17. The Balaban J connectivity index is 2.14. The molecule has 5 heteroatoms. The molecule has 0 bridgehead atoms. The standard InChI is InChI=1S/C14H9FO4/c15-9-2-3-10(11(6-9)14(16)17)8-1-4-12-13(5-8)19-7-18-12/h1-6H,7H2,(H,16,17). The molecule has 1 N–H and O–H groups in total. The molecule has 0 spiro atoms. The highest BCUT2D eigenvalue weighted by atomic mass is 19.1. The molecule has 1 heterocycles. The number of carboxylic acids is 1. The molecule has 0 radical (unpaired) electrons. The molecule has 19 heavy (non-hydrogen) atoms. The van der Waals surface area contributed by atoms with Crippen LogP contribution in [0.5, 0.6) is 11.5 Å². The van der Waals surface area contributed by atoms with Crippen molar-refractivity contribution in [3.05, 3.63) is 47.8 Å². The molecule has 96 valence electrons. The van der Waals surface area contributed by atoms with Crippen LogP contribution in [0.1, 0.15) is 10.4 Å². The van der Waals surface area contributed by atoms with E-state index in [4.69, 9.17) is 14.6 Å². The third-order valence-corrected chi connectivity index (χ3v) is 2.90. The van der Waals surface area contributed by atoms with E-state index in [0.29, 0.717) is 22.6 Å². The molecule has 1 aliphatic heterocycles. The highest BCUT2D eigenvalue weighted by Gasteiger charge is 2.17. The van der Waals surface area contributed by atoms with E-state index in [1.54, 1.807) is 18.2 Å². The van der Waals surface area contributed by atoms with Gasteiger partial charge in [0.25, 0.3) is 0 Å². The number of hydrogen-bond donors (Lipinski definition) is 1. The number of ether oxygens (including phenoxy) is 2. The van der Waals surface area contributed by atoms with Gasteiger partial charge in [0, 0.05) is 0 Å². The molecule has 0 saturated carbocycles. The van der Waals surface area contributed by atoms with Gasteiger partial charge in [-0.25, -0.2) is 9.18 Å². The highest BCUT2D eigenvalue weighted by Crippen LogP contribution is 2.36. The maximum atomic E-state index is 13.1. The lowest BCUT2D eigenvalue weighted by Crippen LogP contribution is -2.00. The Kier molecular flexibility index (Phi) is 2.59. The van der Waals surface area contributed by atoms with Crippen LogP contribution in [-0.2, 0) is 0 Å². The lowest BCUT2D eigenvalue weighted by molar-refractivity contribution is 0.0697. The zero-order chi connectivity index (χ0) is 13.4. The van der Waals surface area contributed by atoms with Gasteiger partial charge < -0.3 is 14.6 Å². The number of carbonyl (C=O) groups is 1. The van der Waals surface area contributed by atoms with Gasteiger partial charge in [-0.1, -0.05) is 12.1 Å². The topological polar surface area (TPSA) is 55.8 Å². The van der Waals surface area contributed by atoms with Gasteiger partial charge in [-0.05, 0) is 35.4 Å². The second-order valence-corrected chi connectivity index (χ2v) is 4.06. The van der Waals surface area contributed by atoms with Crippen LogP contribution in [0.4, 0.5) is 4.39 Å². The van der Waals surface area contributed by atoms with E-state index in [2.05, 4.69) is 0 Å². The summed E-state index contributed by atoms with van der Waals surface area (Å²) in [4.78, 5) is 11.2. The molecule has 0 aromatic heterocycles. The Morgan fingerprint density at radius 1 is 1.11 bits per heavy atom. The van der Waals surface area contributed by atoms with Crippen LogP contribution < -0.4 is 9.47 Å². The number of carboxylic acid groups (broad SMARTS) is 1. The number of hydrogen-bond acceptors (Lipinski definition) is 3. The van der Waals surface area contributed by atoms with Crippen molar-refractivity contribution in [2.75, 3.05) is 6.79 Å². The quantitative estimate of drug-likeness (QED) is 0.902. The predicted molar refractivity (Wildman–Crippen MR) is 64.9 cm³/mol. The summed E-state index contributed by atoms with van der Waals surface area (Å²) in [7, 11) is 0. The van der Waals surface area contributed by atoms with Gasteiger partial charge >= 0.3 is 5.97 Å². The number of fused-ring (bicyclic) bond motifs is 1. The van der Waals surface area contributed by atoms with Gasteiger partial charge in [-0.3, -0.25) is 0 Å². The average molecular weight is 260 g/mol. The summed E-state index contributed by atoms with van der Waals surface area (Å²) in [5.41, 5.74) is 0.993. The molecular formula is C14H9FO4. The van der Waals surface area contributed by atoms with Crippen molar-refractivity contribution in [3.8, 4) is 22.6 Å². The summed E-state index contributed by atoms with van der Waals surface area (Å²) in [6.07, 6.45) is 0. The molecule has 0 aliphatic carbocycles. The third-order valence-electron chi connectivity index (χ3n) is 2.90. The number of aromatic carboxylic acids is 1. The Hall–Kier alpha value is -2.56. The second-order valence-electron chi connectivity index (χ2n) is 4.06. The van der Waals surface area contributed by atoms with Crippen LogP contribution >= 0.6 is 0 Å². The monoisotopic (exact) mass is 260 g/mol. The largest absolute Gasteiger partial charge is 0.478 e. The van der Waals surface area contributed by atoms with E-state index in [9.17, 15) is 9.18 Å². The Morgan fingerprint density at radius 2 is 1.89 bits per heavy atom. The fraction of sp³-hybridized carbons (Fsp3) is 0.0714. The fourth-order valence-corrected chi connectivity index (χ4v) is 2.01. The molecule has 0 atom stereocenters. The molecule has 0 amide bonds. The van der Waals surface area contributed by atoms with Crippen molar-refractivity contribution in [3.63, 3.8) is 0 Å². The van der Waals surface area contributed by atoms with E-state index in [1.165, 1.54) is 12.1 Å². The first kappa shape index (κ1) is 11.5. The van der Waals surface area contributed by atoms with Crippen LogP contribution in [0, 0.1) is 5.82 Å². The fourth-order valence-electron chi connectivity index (χ4n) is 2.01. The summed E-state index contributed by atoms with van der Waals surface area (Å²) in [6.45, 7) is 0.147. The minimum Gasteiger partial charge on any atom is -0.478 e. The van der Waals surface area contributed by atoms with Crippen LogP contribution in [0.3, 0.4) is 0 Å². The predicted octanol–water partition coefficient (Wildman–Crippen LogP) is 2.92. The van der Waals surface area contributed by atoms with E-state index in [0.717, 1.165) is 6.07 Å². The maximum Gasteiger partial charge on any atom is 0.336 e. The molecule has 4 nitrogen and oxygen atoms in total. The summed E-state index contributed by atoms with van der Waals surface area (Å²) in [6, 6.07) is 8.77. The van der Waals surface area contributed by atoms with Crippen molar-refractivity contribution < 1.29 is 23.8 Å². The molecule has 0 saturated heterocycles. The molecule has 1 aliphatic rings. The molecule has 2 aromatic carbocycles. The minimum absolute atomic E-state index is 0.0844. The van der Waals surface area contributed by atoms with E-state index >= 15 is 0 Å². The van der Waals surface area contributed by atoms with Gasteiger partial charge in [-0.2, -0.15) is 0 Å². The Bertz CT molecular complexity index is 666. The first-order chi connectivity index (χ1) is 9.15. The van der Waals surface area contributed by atoms with Gasteiger partial charge in [0.05, 0.1) is 5.56 Å². The van der Waals surface area contributed by atoms with E-state index in [-0.39, 0.29) is 12.4 Å². The van der Waals surface area contributed by atoms with Gasteiger partial charge in [0.15, 0.2) is 11.5 Å². The SMILES string of the molecule is O=C(O)c1cc(F)ccc1-c1ccc2c(c1)OCO2.